The molecule has 0 bridgehead atoms. The molecule has 102 valence electrons. The second-order valence-corrected chi connectivity index (χ2v) is 6.12. The molecule has 0 amide bonds. The number of aromatic nitrogens is 1. The van der Waals surface area contributed by atoms with Crippen LogP contribution in [0.1, 0.15) is 19.0 Å². The maximum absolute atomic E-state index is 5.97. The average Bonchev–Trinajstić information content (AvgIpc) is 3.09. The van der Waals surface area contributed by atoms with Crippen LogP contribution in [0.5, 0.6) is 0 Å². The van der Waals surface area contributed by atoms with Crippen molar-refractivity contribution in [2.45, 2.75) is 25.9 Å². The Hall–Kier alpha value is -1.17. The molecule has 0 spiro atoms. The first-order chi connectivity index (χ1) is 9.22. The molecular weight excluding hydrogens is 258 g/mol. The predicted octanol–water partition coefficient (Wildman–Crippen LogP) is 2.57. The van der Waals surface area contributed by atoms with Gasteiger partial charge in [-0.25, -0.2) is 4.98 Å². The molecule has 0 aromatic carbocycles. The Morgan fingerprint density at radius 1 is 1.63 bits per heavy atom. The lowest BCUT2D eigenvalue weighted by Gasteiger charge is -2.16. The van der Waals surface area contributed by atoms with Crippen molar-refractivity contribution < 1.29 is 4.42 Å². The smallest absolute Gasteiger partial charge is 0.162 e. The van der Waals surface area contributed by atoms with Gasteiger partial charge in [0.1, 0.15) is 0 Å². The van der Waals surface area contributed by atoms with Crippen LogP contribution in [0.25, 0.3) is 10.8 Å². The molecule has 0 aliphatic carbocycles. The van der Waals surface area contributed by atoms with E-state index in [-0.39, 0.29) is 0 Å². The minimum Gasteiger partial charge on any atom is -0.462 e. The Labute approximate surface area is 117 Å². The number of rotatable bonds is 4. The number of furan rings is 1. The topological polar surface area (TPSA) is 55.3 Å². The van der Waals surface area contributed by atoms with Crippen LogP contribution in [-0.4, -0.2) is 29.0 Å². The second kappa shape index (κ2) is 5.45. The zero-order valence-corrected chi connectivity index (χ0v) is 11.9. The van der Waals surface area contributed by atoms with Gasteiger partial charge in [-0.2, -0.15) is 0 Å². The van der Waals surface area contributed by atoms with Gasteiger partial charge in [0.15, 0.2) is 10.8 Å². The van der Waals surface area contributed by atoms with E-state index in [4.69, 9.17) is 10.2 Å². The van der Waals surface area contributed by atoms with Crippen LogP contribution in [-0.2, 0) is 6.54 Å². The van der Waals surface area contributed by atoms with Gasteiger partial charge in [0.25, 0.3) is 0 Å². The van der Waals surface area contributed by atoms with Crippen molar-refractivity contribution in [3.8, 4) is 10.8 Å². The lowest BCUT2D eigenvalue weighted by molar-refractivity contribution is 0.305. The molecular formula is C14H19N3OS. The zero-order valence-electron chi connectivity index (χ0n) is 11.1. The van der Waals surface area contributed by atoms with E-state index in [2.05, 4.69) is 22.2 Å². The molecule has 1 aliphatic rings. The zero-order chi connectivity index (χ0) is 13.2. The predicted molar refractivity (Wildman–Crippen MR) is 76.8 cm³/mol. The van der Waals surface area contributed by atoms with Gasteiger partial charge in [-0.15, -0.1) is 11.3 Å². The fourth-order valence-corrected chi connectivity index (χ4v) is 3.33. The minimum absolute atomic E-state index is 0.291. The highest BCUT2D eigenvalue weighted by Crippen LogP contribution is 2.26. The molecule has 19 heavy (non-hydrogen) atoms. The molecule has 2 atom stereocenters. The third-order valence-corrected chi connectivity index (χ3v) is 4.63. The second-order valence-electron chi connectivity index (χ2n) is 5.26. The van der Waals surface area contributed by atoms with E-state index in [1.54, 1.807) is 17.6 Å². The molecule has 0 saturated carbocycles. The van der Waals surface area contributed by atoms with Gasteiger partial charge in [0, 0.05) is 24.5 Å². The Morgan fingerprint density at radius 2 is 2.53 bits per heavy atom. The monoisotopic (exact) mass is 277 g/mol. The van der Waals surface area contributed by atoms with Gasteiger partial charge >= 0.3 is 0 Å². The van der Waals surface area contributed by atoms with E-state index >= 15 is 0 Å². The highest BCUT2D eigenvalue weighted by atomic mass is 32.1. The molecule has 2 unspecified atom stereocenters. The summed E-state index contributed by atoms with van der Waals surface area (Å²) in [6.07, 6.45) is 2.89. The standard InChI is InChI=1S/C14H19N3OS/c1-10(15)11-4-5-17(7-11)8-12-9-19-14(16-12)13-3-2-6-18-13/h2-3,6,9-11H,4-5,7-8,15H2,1H3. The Kier molecular flexibility index (Phi) is 3.68. The molecule has 1 fully saturated rings. The van der Waals surface area contributed by atoms with Gasteiger partial charge < -0.3 is 10.2 Å². The van der Waals surface area contributed by atoms with E-state index in [1.807, 2.05) is 12.1 Å². The van der Waals surface area contributed by atoms with E-state index < -0.39 is 0 Å². The Bertz CT molecular complexity index is 521. The first-order valence-electron chi connectivity index (χ1n) is 6.68. The van der Waals surface area contributed by atoms with Crippen LogP contribution >= 0.6 is 11.3 Å². The van der Waals surface area contributed by atoms with E-state index in [0.717, 1.165) is 36.1 Å². The lowest BCUT2D eigenvalue weighted by Crippen LogP contribution is -2.29. The first kappa shape index (κ1) is 12.8. The van der Waals surface area contributed by atoms with Gasteiger partial charge in [-0.3, -0.25) is 4.90 Å². The van der Waals surface area contributed by atoms with E-state index in [0.29, 0.717) is 12.0 Å². The Balaban J connectivity index is 1.62. The summed E-state index contributed by atoms with van der Waals surface area (Å²) in [5, 5.41) is 3.08. The lowest BCUT2D eigenvalue weighted by atomic mass is 10.0. The van der Waals surface area contributed by atoms with Gasteiger partial charge in [-0.05, 0) is 37.9 Å². The Morgan fingerprint density at radius 3 is 3.21 bits per heavy atom. The highest BCUT2D eigenvalue weighted by molar-refractivity contribution is 7.13. The van der Waals surface area contributed by atoms with Crippen molar-refractivity contribution in [1.29, 1.82) is 0 Å². The van der Waals surface area contributed by atoms with Crippen molar-refractivity contribution in [1.82, 2.24) is 9.88 Å². The summed E-state index contributed by atoms with van der Waals surface area (Å²) in [6, 6.07) is 4.13. The summed E-state index contributed by atoms with van der Waals surface area (Å²) in [4.78, 5) is 7.08. The van der Waals surface area contributed by atoms with Gasteiger partial charge in [-0.1, -0.05) is 0 Å². The molecule has 1 aliphatic heterocycles. The van der Waals surface area contributed by atoms with Crippen LogP contribution in [0, 0.1) is 5.92 Å². The summed E-state index contributed by atoms with van der Waals surface area (Å²) in [5.41, 5.74) is 7.10. The van der Waals surface area contributed by atoms with Crippen molar-refractivity contribution in [3.05, 3.63) is 29.5 Å². The SMILES string of the molecule is CC(N)C1CCN(Cc2csc(-c3ccco3)n2)C1. The van der Waals surface area contributed by atoms with E-state index in [9.17, 15) is 0 Å². The molecule has 2 aromatic heterocycles. The van der Waals surface area contributed by atoms with Gasteiger partial charge in [0.05, 0.1) is 12.0 Å². The molecule has 4 nitrogen and oxygen atoms in total. The fraction of sp³-hybridized carbons (Fsp3) is 0.500. The number of nitrogens with two attached hydrogens (primary N) is 1. The molecule has 2 N–H and O–H groups in total. The van der Waals surface area contributed by atoms with Crippen molar-refractivity contribution in [2.24, 2.45) is 11.7 Å². The number of hydrogen-bond acceptors (Lipinski definition) is 5. The summed E-state index contributed by atoms with van der Waals surface area (Å²) >= 11 is 1.64. The summed E-state index contributed by atoms with van der Waals surface area (Å²) in [6.45, 7) is 5.23. The van der Waals surface area contributed by atoms with Crippen LogP contribution in [0.15, 0.2) is 28.2 Å². The molecule has 0 radical (unpaired) electrons. The maximum Gasteiger partial charge on any atom is 0.162 e. The van der Waals surface area contributed by atoms with Crippen molar-refractivity contribution in [2.75, 3.05) is 13.1 Å². The van der Waals surface area contributed by atoms with Crippen LogP contribution in [0.3, 0.4) is 0 Å². The van der Waals surface area contributed by atoms with Crippen molar-refractivity contribution >= 4 is 11.3 Å². The minimum atomic E-state index is 0.291. The molecule has 5 heteroatoms. The number of hydrogen-bond donors (Lipinski definition) is 1. The van der Waals surface area contributed by atoms with Crippen molar-refractivity contribution in [3.63, 3.8) is 0 Å². The van der Waals surface area contributed by atoms with E-state index in [1.165, 1.54) is 6.42 Å². The molecule has 2 aromatic rings. The molecule has 3 rings (SSSR count). The summed E-state index contributed by atoms with van der Waals surface area (Å²) in [7, 11) is 0. The number of likely N-dealkylation sites (tertiary alicyclic amines) is 1. The number of thiazole rings is 1. The third kappa shape index (κ3) is 2.88. The van der Waals surface area contributed by atoms with Crippen LogP contribution < -0.4 is 5.73 Å². The molecule has 3 heterocycles. The number of nitrogens with zero attached hydrogens (tertiary/aromatic N) is 2. The highest BCUT2D eigenvalue weighted by Gasteiger charge is 2.25. The first-order valence-corrected chi connectivity index (χ1v) is 7.56. The third-order valence-electron chi connectivity index (χ3n) is 3.72. The summed E-state index contributed by atoms with van der Waals surface area (Å²) < 4.78 is 5.37. The average molecular weight is 277 g/mol. The summed E-state index contributed by atoms with van der Waals surface area (Å²) in [5.74, 6) is 1.48. The fourth-order valence-electron chi connectivity index (χ4n) is 2.56. The van der Waals surface area contributed by atoms with Gasteiger partial charge in [0.2, 0.25) is 0 Å². The molecule has 1 saturated heterocycles. The maximum atomic E-state index is 5.97. The van der Waals surface area contributed by atoms with Crippen LogP contribution in [0.4, 0.5) is 0 Å². The van der Waals surface area contributed by atoms with Crippen LogP contribution in [0.2, 0.25) is 0 Å². The normalized spacial score (nSPS) is 21.9. The quantitative estimate of drug-likeness (QED) is 0.933. The largest absolute Gasteiger partial charge is 0.462 e.